The van der Waals surface area contributed by atoms with E-state index in [9.17, 15) is 0 Å². The van der Waals surface area contributed by atoms with Crippen molar-refractivity contribution in [2.75, 3.05) is 0 Å². The molecule has 53 heavy (non-hydrogen) atoms. The zero-order chi connectivity index (χ0) is 35.1. The first-order valence-corrected chi connectivity index (χ1v) is 19.7. The molecule has 13 rings (SSSR count). The Hall–Kier alpha value is -5.41. The zero-order valence-corrected chi connectivity index (χ0v) is 30.3. The number of benzene rings is 6. The van der Waals surface area contributed by atoms with Gasteiger partial charge in [-0.25, -0.2) is 15.0 Å². The molecular formula is C50H41N3. The summed E-state index contributed by atoms with van der Waals surface area (Å²) in [6.07, 6.45) is 6.87. The number of nitrogens with zero attached hydrogens (tertiary/aromatic N) is 3. The quantitative estimate of drug-likeness (QED) is 0.186. The van der Waals surface area contributed by atoms with E-state index in [1.165, 1.54) is 81.8 Å². The highest BCUT2D eigenvalue weighted by Crippen LogP contribution is 2.69. The average molecular weight is 684 g/mol. The van der Waals surface area contributed by atoms with Crippen molar-refractivity contribution >= 4 is 10.8 Å². The van der Waals surface area contributed by atoms with Gasteiger partial charge in [-0.2, -0.15) is 0 Å². The second-order valence-electron chi connectivity index (χ2n) is 17.2. The van der Waals surface area contributed by atoms with E-state index >= 15 is 0 Å². The van der Waals surface area contributed by atoms with E-state index in [4.69, 9.17) is 15.0 Å². The molecule has 4 saturated carbocycles. The maximum atomic E-state index is 5.43. The van der Waals surface area contributed by atoms with Crippen LogP contribution in [0.1, 0.15) is 68.2 Å². The molecule has 4 fully saturated rings. The fourth-order valence-electron chi connectivity index (χ4n) is 12.4. The maximum Gasteiger partial charge on any atom is 0.164 e. The van der Waals surface area contributed by atoms with Crippen LogP contribution in [0.4, 0.5) is 0 Å². The van der Waals surface area contributed by atoms with Gasteiger partial charge >= 0.3 is 0 Å². The lowest BCUT2D eigenvalue weighted by Gasteiger charge is -2.61. The fraction of sp³-hybridized carbons (Fsp3) is 0.260. The molecule has 0 unspecified atom stereocenters. The second kappa shape index (κ2) is 10.6. The average Bonchev–Trinajstić information content (AvgIpc) is 3.60. The lowest BCUT2D eigenvalue weighted by atomic mass is 9.43. The Balaban J connectivity index is 1.08. The normalized spacial score (nSPS) is 25.0. The molecule has 6 aliphatic carbocycles. The number of aromatic nitrogens is 3. The molecule has 0 saturated heterocycles. The minimum Gasteiger partial charge on any atom is -0.208 e. The van der Waals surface area contributed by atoms with E-state index in [1.807, 2.05) is 0 Å². The van der Waals surface area contributed by atoms with Crippen molar-refractivity contribution in [2.45, 2.75) is 56.8 Å². The van der Waals surface area contributed by atoms with Crippen molar-refractivity contribution in [3.63, 3.8) is 0 Å². The number of rotatable bonds is 3. The van der Waals surface area contributed by atoms with Gasteiger partial charge in [-0.1, -0.05) is 123 Å². The topological polar surface area (TPSA) is 38.7 Å². The smallest absolute Gasteiger partial charge is 0.164 e. The molecule has 3 nitrogen and oxygen atoms in total. The summed E-state index contributed by atoms with van der Waals surface area (Å²) >= 11 is 0. The van der Waals surface area contributed by atoms with Gasteiger partial charge in [0.25, 0.3) is 0 Å². The van der Waals surface area contributed by atoms with Crippen molar-refractivity contribution in [3.05, 3.63) is 150 Å². The van der Waals surface area contributed by atoms with Crippen LogP contribution in [0.3, 0.4) is 0 Å². The van der Waals surface area contributed by atoms with Crippen LogP contribution in [0.15, 0.2) is 127 Å². The molecule has 0 radical (unpaired) electrons. The van der Waals surface area contributed by atoms with Crippen molar-refractivity contribution in [3.8, 4) is 56.4 Å². The third-order valence-corrected chi connectivity index (χ3v) is 14.3. The fourth-order valence-corrected chi connectivity index (χ4v) is 12.4. The van der Waals surface area contributed by atoms with Crippen LogP contribution in [-0.2, 0) is 10.8 Å². The Morgan fingerprint density at radius 3 is 1.79 bits per heavy atom. The zero-order valence-electron chi connectivity index (χ0n) is 30.3. The van der Waals surface area contributed by atoms with Gasteiger partial charge in [0.1, 0.15) is 0 Å². The van der Waals surface area contributed by atoms with E-state index in [1.54, 1.807) is 5.56 Å². The summed E-state index contributed by atoms with van der Waals surface area (Å²) in [7, 11) is 0. The van der Waals surface area contributed by atoms with Crippen LogP contribution in [0.25, 0.3) is 67.2 Å². The Bertz CT molecular complexity index is 2640. The van der Waals surface area contributed by atoms with Crippen molar-refractivity contribution in [1.82, 2.24) is 15.0 Å². The Morgan fingerprint density at radius 2 is 1.02 bits per heavy atom. The van der Waals surface area contributed by atoms with Crippen LogP contribution in [0.2, 0.25) is 0 Å². The molecule has 3 heteroatoms. The van der Waals surface area contributed by atoms with Crippen molar-refractivity contribution < 1.29 is 0 Å². The van der Waals surface area contributed by atoms with E-state index < -0.39 is 0 Å². The standard InChI is InChI=1S/C50H41N3/c1-49(2)42-18-9-8-15-37(42)39-16-10-17-40(45(39)49)48-52-46(31-11-4-3-5-12-31)51-47(53-48)34-19-20-38-41-26-32-13-6-7-14-33(32)27-44(41)50(43(38)28-34)35-22-29-21-30(24-35)25-36(50)23-29/h3-20,26-30,35-36H,21-25H2,1-2H3. The second-order valence-corrected chi connectivity index (χ2v) is 17.2. The highest BCUT2D eigenvalue weighted by atomic mass is 15.0. The van der Waals surface area contributed by atoms with E-state index in [0.29, 0.717) is 11.8 Å². The summed E-state index contributed by atoms with van der Waals surface area (Å²) in [5, 5.41) is 2.69. The van der Waals surface area contributed by atoms with Crippen molar-refractivity contribution in [2.24, 2.45) is 23.7 Å². The number of hydrogen-bond acceptors (Lipinski definition) is 3. The Kier molecular flexibility index (Phi) is 6.02. The lowest BCUT2D eigenvalue weighted by Crippen LogP contribution is -2.55. The number of hydrogen-bond donors (Lipinski definition) is 0. The van der Waals surface area contributed by atoms with Gasteiger partial charge in [0.05, 0.1) is 0 Å². The van der Waals surface area contributed by atoms with Gasteiger partial charge in [0.15, 0.2) is 17.5 Å². The van der Waals surface area contributed by atoms with Crippen LogP contribution in [0.5, 0.6) is 0 Å². The van der Waals surface area contributed by atoms with Gasteiger partial charge in [0, 0.05) is 27.5 Å². The molecule has 0 N–H and O–H groups in total. The summed E-state index contributed by atoms with van der Waals surface area (Å²) in [4.78, 5) is 16.0. The summed E-state index contributed by atoms with van der Waals surface area (Å²) in [5.41, 5.74) is 14.2. The molecule has 4 bridgehead atoms. The minimum absolute atomic E-state index is 0.0479. The summed E-state index contributed by atoms with van der Waals surface area (Å²) in [5.74, 6) is 5.35. The van der Waals surface area contributed by atoms with Gasteiger partial charge in [0.2, 0.25) is 0 Å². The molecule has 1 aromatic heterocycles. The molecule has 1 heterocycles. The molecule has 0 aliphatic heterocycles. The first-order valence-electron chi connectivity index (χ1n) is 19.7. The third kappa shape index (κ3) is 4.03. The van der Waals surface area contributed by atoms with Gasteiger partial charge in [-0.05, 0) is 129 Å². The van der Waals surface area contributed by atoms with Crippen molar-refractivity contribution in [1.29, 1.82) is 0 Å². The molecule has 7 aromatic rings. The molecule has 6 aliphatic rings. The molecular weight excluding hydrogens is 643 g/mol. The molecule has 0 amide bonds. The lowest BCUT2D eigenvalue weighted by molar-refractivity contribution is -0.0398. The monoisotopic (exact) mass is 683 g/mol. The van der Waals surface area contributed by atoms with Crippen LogP contribution >= 0.6 is 0 Å². The van der Waals surface area contributed by atoms with Gasteiger partial charge in [-0.3, -0.25) is 0 Å². The predicted octanol–water partition coefficient (Wildman–Crippen LogP) is 12.1. The highest BCUT2D eigenvalue weighted by Gasteiger charge is 2.61. The van der Waals surface area contributed by atoms with E-state index in [0.717, 1.165) is 46.0 Å². The first kappa shape index (κ1) is 30.1. The summed E-state index contributed by atoms with van der Waals surface area (Å²) in [6.45, 7) is 4.68. The molecule has 256 valence electrons. The van der Waals surface area contributed by atoms with E-state index in [-0.39, 0.29) is 10.8 Å². The van der Waals surface area contributed by atoms with Gasteiger partial charge in [-0.15, -0.1) is 0 Å². The van der Waals surface area contributed by atoms with Crippen LogP contribution in [-0.4, -0.2) is 15.0 Å². The summed E-state index contributed by atoms with van der Waals surface area (Å²) < 4.78 is 0. The predicted molar refractivity (Wildman–Crippen MR) is 214 cm³/mol. The van der Waals surface area contributed by atoms with Crippen LogP contribution < -0.4 is 0 Å². The summed E-state index contributed by atoms with van der Waals surface area (Å²) in [6, 6.07) is 47.2. The largest absolute Gasteiger partial charge is 0.208 e. The highest BCUT2D eigenvalue weighted by molar-refractivity contribution is 5.95. The maximum absolute atomic E-state index is 5.43. The Morgan fingerprint density at radius 1 is 0.434 bits per heavy atom. The molecule has 6 aromatic carbocycles. The minimum atomic E-state index is -0.184. The van der Waals surface area contributed by atoms with Crippen LogP contribution in [0, 0.1) is 23.7 Å². The first-order chi connectivity index (χ1) is 26.0. The SMILES string of the molecule is CC1(C)c2ccccc2-c2cccc(-c3nc(-c4ccccc4)nc(-c4ccc5c(c4)C4(c6cc7ccccc7cc6-5)C5CC6CC(C5)CC4C6)n3)c21. The van der Waals surface area contributed by atoms with Gasteiger partial charge < -0.3 is 0 Å². The number of fused-ring (bicyclic) bond motifs is 7. The third-order valence-electron chi connectivity index (χ3n) is 14.3. The molecule has 1 spiro atoms. The molecule has 0 atom stereocenters. The Labute approximate surface area is 311 Å². The van der Waals surface area contributed by atoms with E-state index in [2.05, 4.69) is 141 Å².